The van der Waals surface area contributed by atoms with E-state index in [1.165, 1.54) is 5.56 Å². The van der Waals surface area contributed by atoms with E-state index in [1.54, 1.807) is 0 Å². The maximum absolute atomic E-state index is 5.85. The van der Waals surface area contributed by atoms with Crippen molar-refractivity contribution in [1.29, 1.82) is 0 Å². The van der Waals surface area contributed by atoms with E-state index in [1.807, 2.05) is 25.1 Å². The Bertz CT molecular complexity index is 401. The van der Waals surface area contributed by atoms with E-state index < -0.39 is 0 Å². The molecule has 0 radical (unpaired) electrons. The highest BCUT2D eigenvalue weighted by Crippen LogP contribution is 2.13. The van der Waals surface area contributed by atoms with Gasteiger partial charge < -0.3 is 4.98 Å². The van der Waals surface area contributed by atoms with Crippen LogP contribution < -0.4 is 0 Å². The Balaban J connectivity index is 2.19. The fraction of sp³-hybridized carbons (Fsp3) is 0.182. The van der Waals surface area contributed by atoms with Gasteiger partial charge in [0.05, 0.1) is 5.69 Å². The van der Waals surface area contributed by atoms with Crippen LogP contribution in [0.3, 0.4) is 0 Å². The number of nitrogens with one attached hydrogen (secondary N) is 1. The molecular formula is C11H11ClN2. The number of aromatic nitrogens is 2. The normalized spacial score (nSPS) is 10.4. The Kier molecular flexibility index (Phi) is 2.55. The third kappa shape index (κ3) is 1.96. The van der Waals surface area contributed by atoms with Crippen molar-refractivity contribution in [2.45, 2.75) is 13.3 Å². The molecule has 0 amide bonds. The summed E-state index contributed by atoms with van der Waals surface area (Å²) in [6, 6.07) is 10.2. The second-order valence-corrected chi connectivity index (χ2v) is 3.62. The highest BCUT2D eigenvalue weighted by Gasteiger charge is 2.03. The van der Waals surface area contributed by atoms with Crippen LogP contribution in [0.4, 0.5) is 0 Å². The molecule has 1 aromatic carbocycles. The van der Waals surface area contributed by atoms with Gasteiger partial charge in [0, 0.05) is 6.42 Å². The number of H-pyrrole nitrogens is 1. The van der Waals surface area contributed by atoms with Crippen molar-refractivity contribution >= 4 is 11.6 Å². The van der Waals surface area contributed by atoms with Crippen LogP contribution in [-0.4, -0.2) is 9.97 Å². The van der Waals surface area contributed by atoms with Crippen molar-refractivity contribution in [3.05, 3.63) is 52.6 Å². The summed E-state index contributed by atoms with van der Waals surface area (Å²) in [4.78, 5) is 7.37. The maximum atomic E-state index is 5.85. The lowest BCUT2D eigenvalue weighted by Gasteiger charge is -1.96. The molecule has 0 saturated heterocycles. The van der Waals surface area contributed by atoms with E-state index in [2.05, 4.69) is 22.1 Å². The topological polar surface area (TPSA) is 28.7 Å². The molecule has 0 aliphatic heterocycles. The molecule has 0 aliphatic rings. The van der Waals surface area contributed by atoms with Gasteiger partial charge in [-0.3, -0.25) is 0 Å². The Hall–Kier alpha value is -1.28. The first-order valence-electron chi connectivity index (χ1n) is 4.50. The van der Waals surface area contributed by atoms with Gasteiger partial charge in [0.25, 0.3) is 0 Å². The first-order valence-corrected chi connectivity index (χ1v) is 4.88. The SMILES string of the molecule is Cc1[nH]c(Cc2ccccc2)nc1Cl. The summed E-state index contributed by atoms with van der Waals surface area (Å²) in [5, 5.41) is 0.566. The van der Waals surface area contributed by atoms with Gasteiger partial charge >= 0.3 is 0 Å². The Morgan fingerprint density at radius 2 is 2.00 bits per heavy atom. The number of benzene rings is 1. The molecule has 72 valence electrons. The minimum absolute atomic E-state index is 0.566. The van der Waals surface area contributed by atoms with Gasteiger partial charge in [-0.05, 0) is 12.5 Å². The zero-order valence-electron chi connectivity index (χ0n) is 7.92. The van der Waals surface area contributed by atoms with Crippen LogP contribution in [0.15, 0.2) is 30.3 Å². The second kappa shape index (κ2) is 3.84. The van der Waals surface area contributed by atoms with E-state index in [4.69, 9.17) is 11.6 Å². The molecule has 0 saturated carbocycles. The Morgan fingerprint density at radius 3 is 2.57 bits per heavy atom. The molecule has 1 heterocycles. The standard InChI is InChI=1S/C11H11ClN2/c1-8-11(12)14-10(13-8)7-9-5-3-2-4-6-9/h2-6H,7H2,1H3,(H,13,14). The number of hydrogen-bond donors (Lipinski definition) is 1. The van der Waals surface area contributed by atoms with E-state index in [-0.39, 0.29) is 0 Å². The number of imidazole rings is 1. The molecule has 2 aromatic rings. The molecule has 0 spiro atoms. The number of aromatic amines is 1. The zero-order chi connectivity index (χ0) is 9.97. The maximum Gasteiger partial charge on any atom is 0.150 e. The first-order chi connectivity index (χ1) is 6.75. The summed E-state index contributed by atoms with van der Waals surface area (Å²) in [5.74, 6) is 0.915. The number of halogens is 1. The third-order valence-electron chi connectivity index (χ3n) is 2.09. The van der Waals surface area contributed by atoms with Gasteiger partial charge in [-0.15, -0.1) is 0 Å². The highest BCUT2D eigenvalue weighted by atomic mass is 35.5. The van der Waals surface area contributed by atoms with Gasteiger partial charge in [-0.25, -0.2) is 4.98 Å². The number of hydrogen-bond acceptors (Lipinski definition) is 1. The quantitative estimate of drug-likeness (QED) is 0.804. The molecule has 0 aliphatic carbocycles. The summed E-state index contributed by atoms with van der Waals surface area (Å²) in [7, 11) is 0. The zero-order valence-corrected chi connectivity index (χ0v) is 8.67. The summed E-state index contributed by atoms with van der Waals surface area (Å²) >= 11 is 5.85. The van der Waals surface area contributed by atoms with E-state index >= 15 is 0 Å². The lowest BCUT2D eigenvalue weighted by molar-refractivity contribution is 1.02. The predicted molar refractivity (Wildman–Crippen MR) is 57.6 cm³/mol. The van der Waals surface area contributed by atoms with Crippen LogP contribution in [0.2, 0.25) is 5.15 Å². The van der Waals surface area contributed by atoms with Crippen LogP contribution in [0, 0.1) is 6.92 Å². The van der Waals surface area contributed by atoms with Gasteiger partial charge in [-0.1, -0.05) is 41.9 Å². The lowest BCUT2D eigenvalue weighted by atomic mass is 10.1. The average Bonchev–Trinajstić information content (AvgIpc) is 2.47. The fourth-order valence-corrected chi connectivity index (χ4v) is 1.52. The van der Waals surface area contributed by atoms with E-state index in [0.717, 1.165) is 17.9 Å². The fourth-order valence-electron chi connectivity index (χ4n) is 1.37. The van der Waals surface area contributed by atoms with Crippen LogP contribution in [0.25, 0.3) is 0 Å². The molecule has 3 heteroatoms. The van der Waals surface area contributed by atoms with E-state index in [0.29, 0.717) is 5.15 Å². The number of nitrogens with zero attached hydrogens (tertiary/aromatic N) is 1. The Labute approximate surface area is 88.0 Å². The van der Waals surface area contributed by atoms with Crippen LogP contribution in [-0.2, 0) is 6.42 Å². The van der Waals surface area contributed by atoms with Crippen molar-refractivity contribution in [2.24, 2.45) is 0 Å². The number of rotatable bonds is 2. The second-order valence-electron chi connectivity index (χ2n) is 3.26. The largest absolute Gasteiger partial charge is 0.345 e. The monoisotopic (exact) mass is 206 g/mol. The summed E-state index contributed by atoms with van der Waals surface area (Å²) in [6.07, 6.45) is 0.800. The van der Waals surface area contributed by atoms with Crippen molar-refractivity contribution in [2.75, 3.05) is 0 Å². The smallest absolute Gasteiger partial charge is 0.150 e. The van der Waals surface area contributed by atoms with Gasteiger partial charge in [0.2, 0.25) is 0 Å². The van der Waals surface area contributed by atoms with E-state index in [9.17, 15) is 0 Å². The first kappa shape index (κ1) is 9.28. The van der Waals surface area contributed by atoms with Crippen LogP contribution in [0.5, 0.6) is 0 Å². The number of aryl methyl sites for hydroxylation is 1. The predicted octanol–water partition coefficient (Wildman–Crippen LogP) is 2.96. The minimum atomic E-state index is 0.566. The molecule has 14 heavy (non-hydrogen) atoms. The molecule has 0 unspecified atom stereocenters. The third-order valence-corrected chi connectivity index (χ3v) is 2.46. The molecule has 1 aromatic heterocycles. The van der Waals surface area contributed by atoms with Gasteiger partial charge in [0.1, 0.15) is 11.0 Å². The molecule has 2 rings (SSSR count). The molecular weight excluding hydrogens is 196 g/mol. The van der Waals surface area contributed by atoms with Crippen molar-refractivity contribution < 1.29 is 0 Å². The summed E-state index contributed by atoms with van der Waals surface area (Å²) in [5.41, 5.74) is 2.16. The van der Waals surface area contributed by atoms with Crippen molar-refractivity contribution in [3.8, 4) is 0 Å². The summed E-state index contributed by atoms with van der Waals surface area (Å²) < 4.78 is 0. The van der Waals surface area contributed by atoms with Crippen LogP contribution in [0.1, 0.15) is 17.1 Å². The lowest BCUT2D eigenvalue weighted by Crippen LogP contribution is -1.89. The molecule has 0 fully saturated rings. The highest BCUT2D eigenvalue weighted by molar-refractivity contribution is 6.30. The van der Waals surface area contributed by atoms with Crippen molar-refractivity contribution in [1.82, 2.24) is 9.97 Å². The van der Waals surface area contributed by atoms with Gasteiger partial charge in [-0.2, -0.15) is 0 Å². The van der Waals surface area contributed by atoms with Crippen molar-refractivity contribution in [3.63, 3.8) is 0 Å². The molecule has 0 bridgehead atoms. The minimum Gasteiger partial charge on any atom is -0.345 e. The molecule has 1 N–H and O–H groups in total. The average molecular weight is 207 g/mol. The van der Waals surface area contributed by atoms with Gasteiger partial charge in [0.15, 0.2) is 0 Å². The molecule has 0 atom stereocenters. The summed E-state index contributed by atoms with van der Waals surface area (Å²) in [6.45, 7) is 1.92. The molecule has 2 nitrogen and oxygen atoms in total. The van der Waals surface area contributed by atoms with Crippen LogP contribution >= 0.6 is 11.6 Å². The Morgan fingerprint density at radius 1 is 1.29 bits per heavy atom.